The highest BCUT2D eigenvalue weighted by Crippen LogP contribution is 2.14. The van der Waals surface area contributed by atoms with E-state index >= 15 is 0 Å². The zero-order valence-electron chi connectivity index (χ0n) is 11.2. The quantitative estimate of drug-likeness (QED) is 0.738. The van der Waals surface area contributed by atoms with Crippen LogP contribution < -0.4 is 0 Å². The maximum Gasteiger partial charge on any atom is 0.167 e. The van der Waals surface area contributed by atoms with Gasteiger partial charge in [0.2, 0.25) is 0 Å². The molecular weight excluding hydrogens is 220 g/mol. The summed E-state index contributed by atoms with van der Waals surface area (Å²) in [5, 5.41) is 0. The summed E-state index contributed by atoms with van der Waals surface area (Å²) in [5.41, 5.74) is 5.48. The van der Waals surface area contributed by atoms with Crippen LogP contribution in [0.4, 0.5) is 0 Å². The first kappa shape index (κ1) is 12.6. The Hall–Kier alpha value is -1.89. The molecule has 0 unspecified atom stereocenters. The van der Waals surface area contributed by atoms with Crippen LogP contribution in [-0.2, 0) is 6.42 Å². The van der Waals surface area contributed by atoms with Crippen molar-refractivity contribution in [3.8, 4) is 0 Å². The van der Waals surface area contributed by atoms with Gasteiger partial charge in [-0.3, -0.25) is 4.79 Å². The first-order valence-corrected chi connectivity index (χ1v) is 6.22. The minimum absolute atomic E-state index is 0.184. The lowest BCUT2D eigenvalue weighted by Crippen LogP contribution is -2.05. The van der Waals surface area contributed by atoms with Gasteiger partial charge in [0, 0.05) is 12.0 Å². The number of hydrogen-bond donors (Lipinski definition) is 0. The molecule has 0 heterocycles. The van der Waals surface area contributed by atoms with E-state index in [1.54, 1.807) is 0 Å². The van der Waals surface area contributed by atoms with E-state index in [2.05, 4.69) is 32.0 Å². The zero-order chi connectivity index (χ0) is 13.1. The maximum atomic E-state index is 12.2. The third kappa shape index (κ3) is 2.86. The zero-order valence-corrected chi connectivity index (χ0v) is 11.2. The molecule has 2 aromatic carbocycles. The summed E-state index contributed by atoms with van der Waals surface area (Å²) in [5.74, 6) is 0.184. The highest BCUT2D eigenvalue weighted by molar-refractivity contribution is 5.97. The SMILES string of the molecule is Cc1ccc(C(=O)Cc2cc(C)ccc2C)cc1. The van der Waals surface area contributed by atoms with Crippen LogP contribution in [-0.4, -0.2) is 5.78 Å². The van der Waals surface area contributed by atoms with Gasteiger partial charge in [-0.25, -0.2) is 0 Å². The molecule has 2 rings (SSSR count). The Morgan fingerprint density at radius 2 is 1.50 bits per heavy atom. The summed E-state index contributed by atoms with van der Waals surface area (Å²) >= 11 is 0. The monoisotopic (exact) mass is 238 g/mol. The van der Waals surface area contributed by atoms with Crippen LogP contribution in [0.3, 0.4) is 0 Å². The fourth-order valence-electron chi connectivity index (χ4n) is 2.01. The van der Waals surface area contributed by atoms with Crippen molar-refractivity contribution in [2.75, 3.05) is 0 Å². The first-order chi connectivity index (χ1) is 8.56. The van der Waals surface area contributed by atoms with Crippen molar-refractivity contribution in [2.24, 2.45) is 0 Å². The van der Waals surface area contributed by atoms with E-state index in [1.807, 2.05) is 31.2 Å². The highest BCUT2D eigenvalue weighted by atomic mass is 16.1. The summed E-state index contributed by atoms with van der Waals surface area (Å²) < 4.78 is 0. The van der Waals surface area contributed by atoms with Crippen molar-refractivity contribution in [1.29, 1.82) is 0 Å². The van der Waals surface area contributed by atoms with Crippen LogP contribution in [0.1, 0.15) is 32.6 Å². The van der Waals surface area contributed by atoms with Crippen molar-refractivity contribution >= 4 is 5.78 Å². The molecule has 18 heavy (non-hydrogen) atoms. The lowest BCUT2D eigenvalue weighted by Gasteiger charge is -2.07. The second-order valence-electron chi connectivity index (χ2n) is 4.90. The Balaban J connectivity index is 2.21. The van der Waals surface area contributed by atoms with Crippen LogP contribution in [0.15, 0.2) is 42.5 Å². The maximum absolute atomic E-state index is 12.2. The van der Waals surface area contributed by atoms with E-state index in [9.17, 15) is 4.79 Å². The molecule has 1 nitrogen and oxygen atoms in total. The van der Waals surface area contributed by atoms with Crippen molar-refractivity contribution < 1.29 is 4.79 Å². The Kier molecular flexibility index (Phi) is 3.61. The summed E-state index contributed by atoms with van der Waals surface area (Å²) in [6, 6.07) is 14.0. The average molecular weight is 238 g/mol. The fourth-order valence-corrected chi connectivity index (χ4v) is 2.01. The van der Waals surface area contributed by atoms with E-state index in [-0.39, 0.29) is 5.78 Å². The Morgan fingerprint density at radius 3 is 2.17 bits per heavy atom. The van der Waals surface area contributed by atoms with Crippen molar-refractivity contribution in [1.82, 2.24) is 0 Å². The minimum atomic E-state index is 0.184. The number of carbonyl (C=O) groups excluding carboxylic acids is 1. The molecule has 0 radical (unpaired) electrons. The van der Waals surface area contributed by atoms with Crippen LogP contribution in [0.2, 0.25) is 0 Å². The first-order valence-electron chi connectivity index (χ1n) is 6.22. The van der Waals surface area contributed by atoms with E-state index in [0.717, 1.165) is 11.1 Å². The predicted octanol–water partition coefficient (Wildman–Crippen LogP) is 4.04. The third-order valence-electron chi connectivity index (χ3n) is 3.23. The van der Waals surface area contributed by atoms with Gasteiger partial charge in [0.1, 0.15) is 0 Å². The summed E-state index contributed by atoms with van der Waals surface area (Å²) in [7, 11) is 0. The molecule has 0 aliphatic heterocycles. The van der Waals surface area contributed by atoms with Gasteiger partial charge in [-0.2, -0.15) is 0 Å². The van der Waals surface area contributed by atoms with Crippen LogP contribution in [0, 0.1) is 20.8 Å². The topological polar surface area (TPSA) is 17.1 Å². The molecule has 0 aliphatic rings. The minimum Gasteiger partial charge on any atom is -0.294 e. The number of benzene rings is 2. The van der Waals surface area contributed by atoms with Crippen molar-refractivity contribution in [2.45, 2.75) is 27.2 Å². The molecule has 2 aromatic rings. The van der Waals surface area contributed by atoms with Gasteiger partial charge in [-0.1, -0.05) is 53.6 Å². The van der Waals surface area contributed by atoms with Crippen LogP contribution in [0.25, 0.3) is 0 Å². The molecule has 0 atom stereocenters. The predicted molar refractivity (Wildman–Crippen MR) is 75.1 cm³/mol. The van der Waals surface area contributed by atoms with Crippen LogP contribution in [0.5, 0.6) is 0 Å². The molecule has 92 valence electrons. The van der Waals surface area contributed by atoms with Crippen molar-refractivity contribution in [3.05, 3.63) is 70.3 Å². The molecule has 0 fully saturated rings. The van der Waals surface area contributed by atoms with Gasteiger partial charge < -0.3 is 0 Å². The second-order valence-corrected chi connectivity index (χ2v) is 4.90. The smallest absolute Gasteiger partial charge is 0.167 e. The van der Waals surface area contributed by atoms with Gasteiger partial charge in [0.15, 0.2) is 5.78 Å². The summed E-state index contributed by atoms with van der Waals surface area (Å²) in [4.78, 5) is 12.2. The number of hydrogen-bond acceptors (Lipinski definition) is 1. The number of Topliss-reactive ketones (excluding diaryl/α,β-unsaturated/α-hetero) is 1. The largest absolute Gasteiger partial charge is 0.294 e. The third-order valence-corrected chi connectivity index (χ3v) is 3.23. The molecule has 0 N–H and O–H groups in total. The summed E-state index contributed by atoms with van der Waals surface area (Å²) in [6.07, 6.45) is 0.483. The van der Waals surface area contributed by atoms with Gasteiger partial charge in [-0.05, 0) is 31.9 Å². The molecule has 0 aliphatic carbocycles. The van der Waals surface area contributed by atoms with Gasteiger partial charge in [0.05, 0.1) is 0 Å². The number of aryl methyl sites for hydroxylation is 3. The van der Waals surface area contributed by atoms with E-state index in [1.165, 1.54) is 16.7 Å². The summed E-state index contributed by atoms with van der Waals surface area (Å²) in [6.45, 7) is 6.13. The number of carbonyl (C=O) groups is 1. The molecule has 0 aromatic heterocycles. The second kappa shape index (κ2) is 5.18. The Bertz CT molecular complexity index is 565. The molecule has 0 bridgehead atoms. The average Bonchev–Trinajstić information content (AvgIpc) is 2.34. The van der Waals surface area contributed by atoms with Crippen molar-refractivity contribution in [3.63, 3.8) is 0 Å². The Morgan fingerprint density at radius 1 is 0.889 bits per heavy atom. The van der Waals surface area contributed by atoms with Crippen LogP contribution >= 0.6 is 0 Å². The molecule has 0 amide bonds. The van der Waals surface area contributed by atoms with E-state index < -0.39 is 0 Å². The number of rotatable bonds is 3. The highest BCUT2D eigenvalue weighted by Gasteiger charge is 2.08. The molecular formula is C17H18O. The van der Waals surface area contributed by atoms with Gasteiger partial charge >= 0.3 is 0 Å². The molecule has 0 saturated heterocycles. The van der Waals surface area contributed by atoms with Gasteiger partial charge in [0.25, 0.3) is 0 Å². The molecule has 0 spiro atoms. The van der Waals surface area contributed by atoms with E-state index in [4.69, 9.17) is 0 Å². The molecule has 1 heteroatoms. The van der Waals surface area contributed by atoms with E-state index in [0.29, 0.717) is 6.42 Å². The lowest BCUT2D eigenvalue weighted by atomic mass is 9.97. The fraction of sp³-hybridized carbons (Fsp3) is 0.235. The number of ketones is 1. The lowest BCUT2D eigenvalue weighted by molar-refractivity contribution is 0.0993. The standard InChI is InChI=1S/C17H18O/c1-12-5-8-15(9-6-12)17(18)11-16-10-13(2)4-7-14(16)3/h4-10H,11H2,1-3H3. The normalized spacial score (nSPS) is 10.4. The Labute approximate surface area is 108 Å². The van der Waals surface area contributed by atoms with Gasteiger partial charge in [-0.15, -0.1) is 0 Å². The molecule has 0 saturated carbocycles.